The summed E-state index contributed by atoms with van der Waals surface area (Å²) < 4.78 is 0. The maximum Gasteiger partial charge on any atom is 0.231 e. The van der Waals surface area contributed by atoms with Gasteiger partial charge in [0.2, 0.25) is 5.91 Å². The number of halogens is 2. The summed E-state index contributed by atoms with van der Waals surface area (Å²) >= 11 is 11.9. The van der Waals surface area contributed by atoms with Gasteiger partial charge in [-0.05, 0) is 30.3 Å². The third kappa shape index (κ3) is 4.00. The Balaban J connectivity index is 1.63. The van der Waals surface area contributed by atoms with Gasteiger partial charge in [0.1, 0.15) is 5.84 Å². The third-order valence-corrected chi connectivity index (χ3v) is 4.09. The minimum atomic E-state index is -0.126. The van der Waals surface area contributed by atoms with Gasteiger partial charge >= 0.3 is 0 Å². The zero-order valence-electron chi connectivity index (χ0n) is 12.2. The van der Waals surface area contributed by atoms with Gasteiger partial charge in [-0.25, -0.2) is 0 Å². The van der Waals surface area contributed by atoms with Gasteiger partial charge in [-0.15, -0.1) is 0 Å². The van der Waals surface area contributed by atoms with Crippen molar-refractivity contribution >= 4 is 40.6 Å². The van der Waals surface area contributed by atoms with Crippen LogP contribution in [0.4, 0.5) is 5.69 Å². The topological polar surface area (TPSA) is 57.6 Å². The molecule has 0 fully saturated rings. The number of carbonyl (C=O) groups is 1. The monoisotopic (exact) mass is 348 g/mol. The van der Waals surface area contributed by atoms with E-state index in [0.29, 0.717) is 28.8 Å². The summed E-state index contributed by atoms with van der Waals surface area (Å²) in [6.07, 6.45) is 2.56. The van der Waals surface area contributed by atoms with Gasteiger partial charge in [0.05, 0.1) is 22.2 Å². The van der Waals surface area contributed by atoms with Crippen molar-refractivity contribution in [2.24, 2.45) is 5.10 Å². The van der Waals surface area contributed by atoms with E-state index in [0.717, 1.165) is 11.4 Å². The van der Waals surface area contributed by atoms with Gasteiger partial charge in [-0.3, -0.25) is 14.8 Å². The van der Waals surface area contributed by atoms with Crippen molar-refractivity contribution in [3.63, 3.8) is 0 Å². The average Bonchev–Trinajstić information content (AvgIpc) is 2.99. The molecular weight excluding hydrogens is 335 g/mol. The molecule has 0 atom stereocenters. The molecule has 3 rings (SSSR count). The summed E-state index contributed by atoms with van der Waals surface area (Å²) in [5.41, 5.74) is 1.57. The molecule has 23 heavy (non-hydrogen) atoms. The first kappa shape index (κ1) is 15.8. The predicted octanol–water partition coefficient (Wildman–Crippen LogP) is 3.27. The number of carbonyl (C=O) groups excluding carboxylic acids is 1. The number of aromatic nitrogens is 1. The maximum absolute atomic E-state index is 12.0. The first-order valence-electron chi connectivity index (χ1n) is 7.11. The minimum absolute atomic E-state index is 0.126. The van der Waals surface area contributed by atoms with E-state index in [-0.39, 0.29) is 12.3 Å². The van der Waals surface area contributed by atoms with Crippen LogP contribution in [0.3, 0.4) is 0 Å². The van der Waals surface area contributed by atoms with Crippen molar-refractivity contribution in [3.8, 4) is 0 Å². The van der Waals surface area contributed by atoms with Crippen LogP contribution in [-0.2, 0) is 11.2 Å². The van der Waals surface area contributed by atoms with E-state index in [4.69, 9.17) is 23.2 Å². The molecule has 1 amide bonds. The molecule has 1 aliphatic rings. The molecular formula is C16H14Cl2N4O. The Hall–Kier alpha value is -2.11. The van der Waals surface area contributed by atoms with Crippen molar-refractivity contribution in [1.29, 1.82) is 0 Å². The van der Waals surface area contributed by atoms with Gasteiger partial charge < -0.3 is 5.32 Å². The number of hydrazone groups is 1. The molecule has 2 heterocycles. The summed E-state index contributed by atoms with van der Waals surface area (Å²) in [7, 11) is 0. The van der Waals surface area contributed by atoms with Crippen molar-refractivity contribution in [1.82, 2.24) is 10.3 Å². The third-order valence-electron chi connectivity index (χ3n) is 3.35. The largest absolute Gasteiger partial charge is 0.312 e. The lowest BCUT2D eigenvalue weighted by molar-refractivity contribution is -0.119. The molecule has 5 nitrogen and oxygen atoms in total. The molecule has 0 bridgehead atoms. The average molecular weight is 349 g/mol. The van der Waals surface area contributed by atoms with Crippen LogP contribution in [-0.4, -0.2) is 23.3 Å². The fourth-order valence-electron chi connectivity index (χ4n) is 2.25. The summed E-state index contributed by atoms with van der Waals surface area (Å²) in [5, 5.41) is 10.0. The number of nitrogens with zero attached hydrogens (tertiary/aromatic N) is 3. The number of anilines is 1. The second-order valence-electron chi connectivity index (χ2n) is 5.06. The lowest BCUT2D eigenvalue weighted by Crippen LogP contribution is -2.30. The van der Waals surface area contributed by atoms with Crippen LogP contribution >= 0.6 is 23.2 Å². The summed E-state index contributed by atoms with van der Waals surface area (Å²) in [5.74, 6) is 0.510. The quantitative estimate of drug-likeness (QED) is 0.925. The molecule has 1 aromatic carbocycles. The number of hydrogen-bond acceptors (Lipinski definition) is 4. The van der Waals surface area contributed by atoms with Crippen LogP contribution < -0.4 is 10.3 Å². The van der Waals surface area contributed by atoms with Crippen LogP contribution in [0.1, 0.15) is 12.1 Å². The molecule has 0 spiro atoms. The van der Waals surface area contributed by atoms with Crippen LogP contribution in [0, 0.1) is 0 Å². The Morgan fingerprint density at radius 1 is 1.22 bits per heavy atom. The number of pyridine rings is 1. The fourth-order valence-corrected chi connectivity index (χ4v) is 2.54. The summed E-state index contributed by atoms with van der Waals surface area (Å²) in [4.78, 5) is 16.2. The van der Waals surface area contributed by atoms with Crippen molar-refractivity contribution in [2.45, 2.75) is 12.8 Å². The summed E-state index contributed by atoms with van der Waals surface area (Å²) in [6, 6.07) is 10.8. The predicted molar refractivity (Wildman–Crippen MR) is 91.9 cm³/mol. The lowest BCUT2D eigenvalue weighted by Gasteiger charge is -2.13. The second kappa shape index (κ2) is 6.98. The number of benzene rings is 1. The van der Waals surface area contributed by atoms with E-state index in [2.05, 4.69) is 15.4 Å². The van der Waals surface area contributed by atoms with Crippen molar-refractivity contribution < 1.29 is 4.79 Å². The highest BCUT2D eigenvalue weighted by Crippen LogP contribution is 2.28. The van der Waals surface area contributed by atoms with Crippen molar-refractivity contribution in [2.75, 3.05) is 11.6 Å². The zero-order valence-corrected chi connectivity index (χ0v) is 13.7. The SMILES string of the molecule is O=C(Cc1ccccn1)NC1=NN(c2ccc(Cl)c(Cl)c2)CC1. The maximum atomic E-state index is 12.0. The van der Waals surface area contributed by atoms with E-state index >= 15 is 0 Å². The number of hydrogen-bond donors (Lipinski definition) is 1. The highest BCUT2D eigenvalue weighted by Gasteiger charge is 2.18. The second-order valence-corrected chi connectivity index (χ2v) is 5.88. The first-order valence-corrected chi connectivity index (χ1v) is 7.87. The Bertz CT molecular complexity index is 749. The molecule has 0 aliphatic carbocycles. The minimum Gasteiger partial charge on any atom is -0.312 e. The first-order chi connectivity index (χ1) is 11.1. The number of rotatable bonds is 3. The van der Waals surface area contributed by atoms with Crippen LogP contribution in [0.25, 0.3) is 0 Å². The molecule has 1 aliphatic heterocycles. The van der Waals surface area contributed by atoms with Crippen LogP contribution in [0.2, 0.25) is 10.0 Å². The fraction of sp³-hybridized carbons (Fsp3) is 0.188. The molecule has 1 N–H and O–H groups in total. The highest BCUT2D eigenvalue weighted by atomic mass is 35.5. The number of amides is 1. The van der Waals surface area contributed by atoms with E-state index in [1.54, 1.807) is 23.3 Å². The van der Waals surface area contributed by atoms with Gasteiger partial charge in [-0.2, -0.15) is 5.10 Å². The molecule has 0 saturated heterocycles. The van der Waals surface area contributed by atoms with Gasteiger partial charge in [-0.1, -0.05) is 29.3 Å². The zero-order chi connectivity index (χ0) is 16.2. The highest BCUT2D eigenvalue weighted by molar-refractivity contribution is 6.42. The molecule has 0 radical (unpaired) electrons. The van der Waals surface area contributed by atoms with Gasteiger partial charge in [0, 0.05) is 24.9 Å². The molecule has 2 aromatic rings. The summed E-state index contributed by atoms with van der Waals surface area (Å²) in [6.45, 7) is 0.678. The van der Waals surface area contributed by atoms with E-state index in [1.165, 1.54) is 0 Å². The normalized spacial score (nSPS) is 13.8. The smallest absolute Gasteiger partial charge is 0.231 e. The Labute approximate surface area is 143 Å². The molecule has 118 valence electrons. The Morgan fingerprint density at radius 3 is 2.83 bits per heavy atom. The van der Waals surface area contributed by atoms with Crippen molar-refractivity contribution in [3.05, 3.63) is 58.3 Å². The molecule has 1 aromatic heterocycles. The van der Waals surface area contributed by atoms with Gasteiger partial charge in [0.25, 0.3) is 0 Å². The van der Waals surface area contributed by atoms with Crippen LogP contribution in [0.5, 0.6) is 0 Å². The molecule has 7 heteroatoms. The number of amidine groups is 1. The van der Waals surface area contributed by atoms with Gasteiger partial charge in [0.15, 0.2) is 0 Å². The Kier molecular flexibility index (Phi) is 4.79. The van der Waals surface area contributed by atoms with E-state index in [1.807, 2.05) is 24.3 Å². The van der Waals surface area contributed by atoms with Crippen LogP contribution in [0.15, 0.2) is 47.7 Å². The Morgan fingerprint density at radius 2 is 2.09 bits per heavy atom. The number of nitrogens with one attached hydrogen (secondary N) is 1. The molecule has 0 unspecified atom stereocenters. The van der Waals surface area contributed by atoms with E-state index < -0.39 is 0 Å². The molecule has 0 saturated carbocycles. The standard InChI is InChI=1S/C16H14Cl2N4O/c17-13-5-4-12(10-14(13)18)22-8-6-15(21-22)20-16(23)9-11-3-1-2-7-19-11/h1-5,7,10H,6,8-9H2,(H,20,21,23). The van der Waals surface area contributed by atoms with E-state index in [9.17, 15) is 4.79 Å². The lowest BCUT2D eigenvalue weighted by atomic mass is 10.2.